The van der Waals surface area contributed by atoms with Crippen molar-refractivity contribution >= 4 is 5.69 Å². The zero-order valence-corrected chi connectivity index (χ0v) is 12.2. The van der Waals surface area contributed by atoms with Gasteiger partial charge in [-0.3, -0.25) is 4.90 Å². The van der Waals surface area contributed by atoms with Gasteiger partial charge < -0.3 is 14.7 Å². The fourth-order valence-corrected chi connectivity index (χ4v) is 3.26. The topological polar surface area (TPSA) is 35.9 Å². The number of aliphatic hydroxyl groups excluding tert-OH is 1. The highest BCUT2D eigenvalue weighted by Gasteiger charge is 2.23. The minimum absolute atomic E-state index is 0.292. The second-order valence-corrected chi connectivity index (χ2v) is 5.84. The molecule has 2 aliphatic rings. The molecule has 1 N–H and O–H groups in total. The minimum atomic E-state index is -0.292. The molecule has 1 saturated heterocycles. The molecule has 2 aliphatic heterocycles. The molecule has 4 heteroatoms. The predicted octanol–water partition coefficient (Wildman–Crippen LogP) is 1.05. The van der Waals surface area contributed by atoms with Crippen LogP contribution in [0.1, 0.15) is 11.1 Å². The maximum atomic E-state index is 10.3. The largest absolute Gasteiger partial charge is 0.390 e. The van der Waals surface area contributed by atoms with Crippen LogP contribution in [-0.4, -0.2) is 62.0 Å². The monoisotopic (exact) mass is 276 g/mol. The maximum absolute atomic E-state index is 10.3. The lowest BCUT2D eigenvalue weighted by Crippen LogP contribution is -2.44. The molecular weight excluding hydrogens is 252 g/mol. The number of β-amino-alcohol motifs (C(OH)–C–C–N with tert-alkyl or cyclic N) is 1. The molecule has 1 unspecified atom stereocenters. The molecule has 0 spiro atoms. The molecule has 0 bridgehead atoms. The summed E-state index contributed by atoms with van der Waals surface area (Å²) in [6.07, 6.45) is 0.811. The van der Waals surface area contributed by atoms with Crippen LogP contribution in [-0.2, 0) is 11.2 Å². The summed E-state index contributed by atoms with van der Waals surface area (Å²) >= 11 is 0. The van der Waals surface area contributed by atoms with Gasteiger partial charge >= 0.3 is 0 Å². The van der Waals surface area contributed by atoms with Gasteiger partial charge in [-0.15, -0.1) is 0 Å². The van der Waals surface area contributed by atoms with Crippen LogP contribution in [0.4, 0.5) is 5.69 Å². The number of fused-ring (bicyclic) bond motifs is 1. The van der Waals surface area contributed by atoms with E-state index in [9.17, 15) is 5.11 Å². The summed E-state index contributed by atoms with van der Waals surface area (Å²) in [5, 5.41) is 10.3. The Morgan fingerprint density at radius 1 is 1.20 bits per heavy atom. The lowest BCUT2D eigenvalue weighted by Gasteiger charge is -2.30. The van der Waals surface area contributed by atoms with Gasteiger partial charge in [0.15, 0.2) is 0 Å². The molecule has 110 valence electrons. The number of anilines is 1. The molecule has 1 aromatic carbocycles. The van der Waals surface area contributed by atoms with E-state index in [1.807, 2.05) is 0 Å². The van der Waals surface area contributed by atoms with Crippen LogP contribution in [0.15, 0.2) is 18.2 Å². The summed E-state index contributed by atoms with van der Waals surface area (Å²) in [5.41, 5.74) is 4.13. The highest BCUT2D eigenvalue weighted by Crippen LogP contribution is 2.30. The van der Waals surface area contributed by atoms with Gasteiger partial charge in [-0.2, -0.15) is 0 Å². The predicted molar refractivity (Wildman–Crippen MR) is 80.4 cm³/mol. The van der Waals surface area contributed by atoms with Crippen molar-refractivity contribution in [2.75, 3.05) is 50.8 Å². The van der Waals surface area contributed by atoms with Crippen molar-refractivity contribution in [3.63, 3.8) is 0 Å². The first-order valence-electron chi connectivity index (χ1n) is 7.55. The number of rotatable bonds is 4. The molecule has 20 heavy (non-hydrogen) atoms. The molecule has 0 radical (unpaired) electrons. The number of morpholine rings is 1. The highest BCUT2D eigenvalue weighted by atomic mass is 16.5. The van der Waals surface area contributed by atoms with E-state index in [1.54, 1.807) is 0 Å². The first-order chi connectivity index (χ1) is 9.74. The van der Waals surface area contributed by atoms with Crippen LogP contribution in [0.2, 0.25) is 0 Å². The average molecular weight is 276 g/mol. The van der Waals surface area contributed by atoms with Crippen LogP contribution in [0.25, 0.3) is 0 Å². The summed E-state index contributed by atoms with van der Waals surface area (Å²) in [4.78, 5) is 4.62. The Bertz CT molecular complexity index is 458. The number of ether oxygens (including phenoxy) is 1. The molecule has 3 rings (SSSR count). The third-order valence-corrected chi connectivity index (χ3v) is 4.36. The summed E-state index contributed by atoms with van der Waals surface area (Å²) in [5.74, 6) is 0. The number of hydrogen-bond acceptors (Lipinski definition) is 4. The molecule has 1 atom stereocenters. The molecule has 0 aliphatic carbocycles. The van der Waals surface area contributed by atoms with Crippen LogP contribution in [0.3, 0.4) is 0 Å². The normalized spacial score (nSPS) is 21.0. The molecule has 0 saturated carbocycles. The van der Waals surface area contributed by atoms with Crippen molar-refractivity contribution in [1.82, 2.24) is 4.90 Å². The number of aryl methyl sites for hydroxylation is 1. The van der Waals surface area contributed by atoms with Crippen molar-refractivity contribution in [3.8, 4) is 0 Å². The zero-order chi connectivity index (χ0) is 13.9. The standard InChI is InChI=1S/C16H24N2O2/c1-13-3-2-4-16-15(13)5-6-18(16)12-14(19)11-17-7-9-20-10-8-17/h2-4,14,19H,5-12H2,1H3. The quantitative estimate of drug-likeness (QED) is 0.892. The summed E-state index contributed by atoms with van der Waals surface area (Å²) < 4.78 is 5.34. The summed E-state index contributed by atoms with van der Waals surface area (Å²) in [7, 11) is 0. The Hall–Kier alpha value is -1.10. The van der Waals surface area contributed by atoms with Gasteiger partial charge in [0.25, 0.3) is 0 Å². The first kappa shape index (κ1) is 13.9. The number of hydrogen-bond donors (Lipinski definition) is 1. The molecule has 0 amide bonds. The second kappa shape index (κ2) is 6.12. The second-order valence-electron chi connectivity index (χ2n) is 5.84. The van der Waals surface area contributed by atoms with E-state index in [1.165, 1.54) is 16.8 Å². The van der Waals surface area contributed by atoms with Crippen LogP contribution in [0, 0.1) is 6.92 Å². The smallest absolute Gasteiger partial charge is 0.0841 e. The molecule has 2 heterocycles. The van der Waals surface area contributed by atoms with E-state index in [2.05, 4.69) is 34.9 Å². The SMILES string of the molecule is Cc1cccc2c1CCN2CC(O)CN1CCOCC1. The minimum Gasteiger partial charge on any atom is -0.390 e. The molecular formula is C16H24N2O2. The Kier molecular flexibility index (Phi) is 4.24. The number of aliphatic hydroxyl groups is 1. The van der Waals surface area contributed by atoms with Crippen molar-refractivity contribution < 1.29 is 9.84 Å². The molecule has 0 aromatic heterocycles. The Morgan fingerprint density at radius 2 is 2.00 bits per heavy atom. The van der Waals surface area contributed by atoms with Crippen LogP contribution < -0.4 is 4.90 Å². The zero-order valence-electron chi connectivity index (χ0n) is 12.2. The van der Waals surface area contributed by atoms with Gasteiger partial charge in [0.05, 0.1) is 19.3 Å². The number of benzene rings is 1. The van der Waals surface area contributed by atoms with Gasteiger partial charge in [0.2, 0.25) is 0 Å². The van der Waals surface area contributed by atoms with E-state index in [0.717, 1.165) is 52.4 Å². The van der Waals surface area contributed by atoms with E-state index in [0.29, 0.717) is 0 Å². The molecule has 4 nitrogen and oxygen atoms in total. The van der Waals surface area contributed by atoms with Crippen LogP contribution in [0.5, 0.6) is 0 Å². The molecule has 1 fully saturated rings. The van der Waals surface area contributed by atoms with Gasteiger partial charge in [-0.1, -0.05) is 12.1 Å². The average Bonchev–Trinajstić information content (AvgIpc) is 2.84. The highest BCUT2D eigenvalue weighted by molar-refractivity contribution is 5.60. The third-order valence-electron chi connectivity index (χ3n) is 4.36. The van der Waals surface area contributed by atoms with Crippen molar-refractivity contribution in [2.45, 2.75) is 19.4 Å². The Balaban J connectivity index is 1.58. The lowest BCUT2D eigenvalue weighted by atomic mass is 10.1. The van der Waals surface area contributed by atoms with E-state index < -0.39 is 0 Å². The van der Waals surface area contributed by atoms with Crippen molar-refractivity contribution in [2.24, 2.45) is 0 Å². The van der Waals surface area contributed by atoms with Crippen molar-refractivity contribution in [1.29, 1.82) is 0 Å². The summed E-state index contributed by atoms with van der Waals surface area (Å²) in [6, 6.07) is 6.46. The van der Waals surface area contributed by atoms with Crippen molar-refractivity contribution in [3.05, 3.63) is 29.3 Å². The Labute approximate surface area is 120 Å². The molecule has 1 aromatic rings. The van der Waals surface area contributed by atoms with E-state index >= 15 is 0 Å². The summed E-state index contributed by atoms with van der Waals surface area (Å²) in [6.45, 7) is 8.14. The maximum Gasteiger partial charge on any atom is 0.0841 e. The fourth-order valence-electron chi connectivity index (χ4n) is 3.26. The van der Waals surface area contributed by atoms with Gasteiger partial charge in [-0.25, -0.2) is 0 Å². The fraction of sp³-hybridized carbons (Fsp3) is 0.625. The van der Waals surface area contributed by atoms with E-state index in [-0.39, 0.29) is 6.10 Å². The Morgan fingerprint density at radius 3 is 2.80 bits per heavy atom. The van der Waals surface area contributed by atoms with Gasteiger partial charge in [0.1, 0.15) is 0 Å². The number of nitrogens with zero attached hydrogens (tertiary/aromatic N) is 2. The lowest BCUT2D eigenvalue weighted by molar-refractivity contribution is 0.0161. The van der Waals surface area contributed by atoms with Crippen LogP contribution >= 0.6 is 0 Å². The first-order valence-corrected chi connectivity index (χ1v) is 7.55. The third kappa shape index (κ3) is 2.97. The van der Waals surface area contributed by atoms with Gasteiger partial charge in [-0.05, 0) is 30.5 Å². The van der Waals surface area contributed by atoms with Gasteiger partial charge in [0, 0.05) is 38.4 Å². The van der Waals surface area contributed by atoms with E-state index in [4.69, 9.17) is 4.74 Å².